The second-order valence-corrected chi connectivity index (χ2v) is 6.55. The van der Waals surface area contributed by atoms with Crippen LogP contribution in [0.3, 0.4) is 0 Å². The van der Waals surface area contributed by atoms with Crippen LogP contribution in [0.4, 0.5) is 0 Å². The fourth-order valence-corrected chi connectivity index (χ4v) is 3.21. The van der Waals surface area contributed by atoms with Gasteiger partial charge in [0.15, 0.2) is 0 Å². The van der Waals surface area contributed by atoms with Crippen LogP contribution in [-0.2, 0) is 4.79 Å². The van der Waals surface area contributed by atoms with Crippen LogP contribution in [0.2, 0.25) is 0 Å². The molecule has 1 aliphatic rings. The van der Waals surface area contributed by atoms with Crippen molar-refractivity contribution in [2.45, 2.75) is 44.8 Å². The van der Waals surface area contributed by atoms with Crippen molar-refractivity contribution < 1.29 is 14.7 Å². The molecule has 0 bridgehead atoms. The molecule has 2 rings (SSSR count). The molecular weight excluding hydrogens is 288 g/mol. The third-order valence-electron chi connectivity index (χ3n) is 3.81. The third kappa shape index (κ3) is 4.82. The van der Waals surface area contributed by atoms with E-state index in [9.17, 15) is 14.7 Å². The quantitative estimate of drug-likeness (QED) is 0.772. The Morgan fingerprint density at radius 1 is 1.48 bits per heavy atom. The molecule has 21 heavy (non-hydrogen) atoms. The van der Waals surface area contributed by atoms with Crippen molar-refractivity contribution in [1.29, 1.82) is 0 Å². The van der Waals surface area contributed by atoms with Gasteiger partial charge in [0.05, 0.1) is 11.0 Å². The van der Waals surface area contributed by atoms with Crippen molar-refractivity contribution in [2.75, 3.05) is 6.54 Å². The zero-order valence-corrected chi connectivity index (χ0v) is 13.0. The van der Waals surface area contributed by atoms with E-state index in [1.165, 1.54) is 11.3 Å². The molecule has 0 saturated heterocycles. The minimum atomic E-state index is -0.562. The van der Waals surface area contributed by atoms with E-state index in [1.54, 1.807) is 19.1 Å². The van der Waals surface area contributed by atoms with Crippen molar-refractivity contribution in [3.8, 4) is 0 Å². The largest absolute Gasteiger partial charge is 0.393 e. The number of hydrogen-bond acceptors (Lipinski definition) is 4. The molecule has 3 atom stereocenters. The Kier molecular flexibility index (Phi) is 5.76. The van der Waals surface area contributed by atoms with Gasteiger partial charge in [0.2, 0.25) is 5.91 Å². The van der Waals surface area contributed by atoms with Crippen molar-refractivity contribution in [2.24, 2.45) is 5.92 Å². The van der Waals surface area contributed by atoms with Gasteiger partial charge in [-0.2, -0.15) is 0 Å². The average molecular weight is 310 g/mol. The second-order valence-electron chi connectivity index (χ2n) is 5.60. The lowest BCUT2D eigenvalue weighted by Gasteiger charge is -2.26. The number of carbonyl (C=O) groups is 2. The topological polar surface area (TPSA) is 78.4 Å². The maximum atomic E-state index is 12.0. The molecule has 6 heteroatoms. The first-order chi connectivity index (χ1) is 10.1. The number of aliphatic hydroxyl groups excluding tert-OH is 1. The SMILES string of the molecule is CC(NC(=O)c1cccs1)C(=O)NCC1CCCC(O)C1. The van der Waals surface area contributed by atoms with E-state index >= 15 is 0 Å². The van der Waals surface area contributed by atoms with Crippen molar-refractivity contribution in [3.05, 3.63) is 22.4 Å². The molecular formula is C15H22N2O3S. The number of thiophene rings is 1. The summed E-state index contributed by atoms with van der Waals surface area (Å²) in [5.74, 6) is -0.0707. The van der Waals surface area contributed by atoms with E-state index in [-0.39, 0.29) is 17.9 Å². The molecule has 1 aromatic heterocycles. The lowest BCUT2D eigenvalue weighted by Crippen LogP contribution is -2.46. The van der Waals surface area contributed by atoms with Gasteiger partial charge in [0.25, 0.3) is 5.91 Å². The van der Waals surface area contributed by atoms with Gasteiger partial charge in [-0.05, 0) is 43.6 Å². The van der Waals surface area contributed by atoms with Crippen LogP contribution in [-0.4, -0.2) is 35.6 Å². The van der Waals surface area contributed by atoms with Crippen molar-refractivity contribution in [1.82, 2.24) is 10.6 Å². The summed E-state index contributed by atoms with van der Waals surface area (Å²) in [6, 6.07) is 2.97. The zero-order valence-electron chi connectivity index (χ0n) is 12.2. The number of hydrogen-bond donors (Lipinski definition) is 3. The van der Waals surface area contributed by atoms with Gasteiger partial charge >= 0.3 is 0 Å². The summed E-state index contributed by atoms with van der Waals surface area (Å²) < 4.78 is 0. The molecule has 1 fully saturated rings. The minimum absolute atomic E-state index is 0.181. The summed E-state index contributed by atoms with van der Waals surface area (Å²) in [6.45, 7) is 2.24. The van der Waals surface area contributed by atoms with Gasteiger partial charge in [-0.3, -0.25) is 9.59 Å². The van der Waals surface area contributed by atoms with E-state index in [1.807, 2.05) is 5.38 Å². The highest BCUT2D eigenvalue weighted by atomic mass is 32.1. The van der Waals surface area contributed by atoms with E-state index in [0.717, 1.165) is 25.7 Å². The average Bonchev–Trinajstić information content (AvgIpc) is 2.99. The molecule has 3 unspecified atom stereocenters. The predicted octanol–water partition coefficient (Wildman–Crippen LogP) is 1.53. The lowest BCUT2D eigenvalue weighted by atomic mass is 9.87. The maximum Gasteiger partial charge on any atom is 0.261 e. The Morgan fingerprint density at radius 2 is 2.29 bits per heavy atom. The molecule has 0 aliphatic heterocycles. The van der Waals surface area contributed by atoms with E-state index in [2.05, 4.69) is 10.6 Å². The van der Waals surface area contributed by atoms with Crippen LogP contribution < -0.4 is 10.6 Å². The summed E-state index contributed by atoms with van der Waals surface area (Å²) in [6.07, 6.45) is 3.41. The summed E-state index contributed by atoms with van der Waals surface area (Å²) in [5, 5.41) is 17.0. The fourth-order valence-electron chi connectivity index (χ4n) is 2.59. The minimum Gasteiger partial charge on any atom is -0.393 e. The van der Waals surface area contributed by atoms with Crippen LogP contribution >= 0.6 is 11.3 Å². The van der Waals surface area contributed by atoms with Gasteiger partial charge in [0.1, 0.15) is 6.04 Å². The Bertz CT molecular complexity index is 475. The molecule has 0 radical (unpaired) electrons. The third-order valence-corrected chi connectivity index (χ3v) is 4.67. The number of carbonyl (C=O) groups excluding carboxylic acids is 2. The van der Waals surface area contributed by atoms with Crippen LogP contribution in [0, 0.1) is 5.92 Å². The maximum absolute atomic E-state index is 12.0. The number of amides is 2. The van der Waals surface area contributed by atoms with Gasteiger partial charge in [-0.1, -0.05) is 12.5 Å². The molecule has 1 aliphatic carbocycles. The first-order valence-electron chi connectivity index (χ1n) is 7.36. The lowest BCUT2D eigenvalue weighted by molar-refractivity contribution is -0.122. The summed E-state index contributed by atoms with van der Waals surface area (Å²) in [7, 11) is 0. The molecule has 1 saturated carbocycles. The van der Waals surface area contributed by atoms with Gasteiger partial charge in [0, 0.05) is 6.54 Å². The highest BCUT2D eigenvalue weighted by Gasteiger charge is 2.22. The van der Waals surface area contributed by atoms with Crippen molar-refractivity contribution >= 4 is 23.2 Å². The summed E-state index contributed by atoms with van der Waals surface area (Å²) in [4.78, 5) is 24.4. The standard InChI is InChI=1S/C15H22N2O3S/c1-10(17-15(20)13-6-3-7-21-13)14(19)16-9-11-4-2-5-12(18)8-11/h3,6-7,10-12,18H,2,4-5,8-9H2,1H3,(H,16,19)(H,17,20). The molecule has 1 aromatic rings. The number of rotatable bonds is 5. The van der Waals surface area contributed by atoms with E-state index in [0.29, 0.717) is 17.3 Å². The first kappa shape index (κ1) is 16.0. The smallest absolute Gasteiger partial charge is 0.261 e. The molecule has 0 spiro atoms. The molecule has 0 aromatic carbocycles. The zero-order chi connectivity index (χ0) is 15.2. The Labute approximate surface area is 128 Å². The van der Waals surface area contributed by atoms with Crippen LogP contribution in [0.25, 0.3) is 0 Å². The monoisotopic (exact) mass is 310 g/mol. The van der Waals surface area contributed by atoms with E-state index < -0.39 is 6.04 Å². The Balaban J connectivity index is 1.73. The molecule has 3 N–H and O–H groups in total. The molecule has 5 nitrogen and oxygen atoms in total. The van der Waals surface area contributed by atoms with Gasteiger partial charge in [-0.25, -0.2) is 0 Å². The summed E-state index contributed by atoms with van der Waals surface area (Å²) in [5.41, 5.74) is 0. The second kappa shape index (κ2) is 7.56. The fraction of sp³-hybridized carbons (Fsp3) is 0.600. The number of aliphatic hydroxyl groups is 1. The normalized spacial score (nSPS) is 23.3. The van der Waals surface area contributed by atoms with Crippen LogP contribution in [0.15, 0.2) is 17.5 Å². The van der Waals surface area contributed by atoms with E-state index in [4.69, 9.17) is 0 Å². The molecule has 2 amide bonds. The van der Waals surface area contributed by atoms with Crippen LogP contribution in [0.5, 0.6) is 0 Å². The molecule has 116 valence electrons. The van der Waals surface area contributed by atoms with Gasteiger partial charge < -0.3 is 15.7 Å². The van der Waals surface area contributed by atoms with Gasteiger partial charge in [-0.15, -0.1) is 11.3 Å². The summed E-state index contributed by atoms with van der Waals surface area (Å²) >= 11 is 1.35. The highest BCUT2D eigenvalue weighted by molar-refractivity contribution is 7.12. The predicted molar refractivity (Wildman–Crippen MR) is 82.2 cm³/mol. The Morgan fingerprint density at radius 3 is 2.95 bits per heavy atom. The van der Waals surface area contributed by atoms with Crippen LogP contribution in [0.1, 0.15) is 42.3 Å². The number of nitrogens with one attached hydrogen (secondary N) is 2. The first-order valence-corrected chi connectivity index (χ1v) is 8.24. The Hall–Kier alpha value is -1.40. The van der Waals surface area contributed by atoms with Crippen molar-refractivity contribution in [3.63, 3.8) is 0 Å². The highest BCUT2D eigenvalue weighted by Crippen LogP contribution is 2.23. The molecule has 1 heterocycles.